The fourth-order valence-electron chi connectivity index (χ4n) is 1.29. The molecule has 1 N–H and O–H groups in total. The highest BCUT2D eigenvalue weighted by Crippen LogP contribution is 2.21. The van der Waals surface area contributed by atoms with Crippen LogP contribution in [0.5, 0.6) is 0 Å². The third-order valence-corrected chi connectivity index (χ3v) is 3.44. The Morgan fingerprint density at radius 2 is 2.53 bits per heavy atom. The zero-order chi connectivity index (χ0) is 10.7. The second kappa shape index (κ2) is 4.86. The van der Waals surface area contributed by atoms with E-state index >= 15 is 0 Å². The largest absolute Gasteiger partial charge is 0.310 e. The lowest BCUT2D eigenvalue weighted by atomic mass is 10.3. The lowest BCUT2D eigenvalue weighted by molar-refractivity contribution is 0.736. The molecule has 1 fully saturated rings. The molecule has 15 heavy (non-hydrogen) atoms. The zero-order valence-electron chi connectivity index (χ0n) is 9.07. The van der Waals surface area contributed by atoms with Crippen molar-refractivity contribution >= 4 is 11.8 Å². The van der Waals surface area contributed by atoms with Crippen molar-refractivity contribution in [2.24, 2.45) is 7.05 Å². The Morgan fingerprint density at radius 1 is 1.73 bits per heavy atom. The standard InChI is InChI=1S/C11H17N3S/c1-9(5-12-10-3-4-10)8-15-11-6-13-14(2)7-11/h6-7,10,12H,1,3-5,8H2,2H3. The molecule has 0 aromatic carbocycles. The summed E-state index contributed by atoms with van der Waals surface area (Å²) in [6.45, 7) is 5.02. The van der Waals surface area contributed by atoms with Crippen LogP contribution in [0.1, 0.15) is 12.8 Å². The smallest absolute Gasteiger partial charge is 0.0625 e. The van der Waals surface area contributed by atoms with Crippen LogP contribution >= 0.6 is 11.8 Å². The van der Waals surface area contributed by atoms with Crippen LogP contribution < -0.4 is 5.32 Å². The van der Waals surface area contributed by atoms with E-state index < -0.39 is 0 Å². The van der Waals surface area contributed by atoms with Crippen molar-refractivity contribution in [3.8, 4) is 0 Å². The first-order chi connectivity index (χ1) is 7.24. The molecule has 0 aliphatic heterocycles. The van der Waals surface area contributed by atoms with Gasteiger partial charge in [0.05, 0.1) is 6.20 Å². The summed E-state index contributed by atoms with van der Waals surface area (Å²) in [5, 5.41) is 7.59. The van der Waals surface area contributed by atoms with Gasteiger partial charge in [-0.2, -0.15) is 5.10 Å². The molecule has 1 heterocycles. The number of nitrogens with zero attached hydrogens (tertiary/aromatic N) is 2. The Morgan fingerprint density at radius 3 is 3.13 bits per heavy atom. The first-order valence-electron chi connectivity index (χ1n) is 5.25. The normalized spacial score (nSPS) is 15.5. The van der Waals surface area contributed by atoms with Gasteiger partial charge in [-0.25, -0.2) is 0 Å². The zero-order valence-corrected chi connectivity index (χ0v) is 9.89. The van der Waals surface area contributed by atoms with Crippen LogP contribution in [0.3, 0.4) is 0 Å². The fraction of sp³-hybridized carbons (Fsp3) is 0.545. The van der Waals surface area contributed by atoms with Crippen molar-refractivity contribution < 1.29 is 0 Å². The van der Waals surface area contributed by atoms with E-state index in [9.17, 15) is 0 Å². The SMILES string of the molecule is C=C(CNC1CC1)CSc1cnn(C)c1. The minimum Gasteiger partial charge on any atom is -0.310 e. The van der Waals surface area contributed by atoms with Gasteiger partial charge in [0.15, 0.2) is 0 Å². The van der Waals surface area contributed by atoms with Crippen LogP contribution in [0.4, 0.5) is 0 Å². The summed E-state index contributed by atoms with van der Waals surface area (Å²) in [5.74, 6) is 0.978. The molecule has 1 aliphatic rings. The Hall–Kier alpha value is -0.740. The summed E-state index contributed by atoms with van der Waals surface area (Å²) in [6.07, 6.45) is 6.60. The van der Waals surface area contributed by atoms with Crippen molar-refractivity contribution in [2.45, 2.75) is 23.8 Å². The minimum absolute atomic E-state index is 0.769. The number of thioether (sulfide) groups is 1. The molecular weight excluding hydrogens is 206 g/mol. The molecule has 1 saturated carbocycles. The van der Waals surface area contributed by atoms with Crippen LogP contribution in [0.25, 0.3) is 0 Å². The summed E-state index contributed by atoms with van der Waals surface area (Å²) in [6, 6.07) is 0.769. The van der Waals surface area contributed by atoms with Gasteiger partial charge >= 0.3 is 0 Å². The van der Waals surface area contributed by atoms with Gasteiger partial charge in [-0.15, -0.1) is 11.8 Å². The van der Waals surface area contributed by atoms with Gasteiger partial charge in [-0.3, -0.25) is 4.68 Å². The molecule has 0 bridgehead atoms. The number of aryl methyl sites for hydroxylation is 1. The minimum atomic E-state index is 0.769. The van der Waals surface area contributed by atoms with Gasteiger partial charge in [-0.05, 0) is 12.8 Å². The molecule has 0 spiro atoms. The Labute approximate surface area is 94.9 Å². The molecule has 1 aliphatic carbocycles. The molecule has 0 amide bonds. The van der Waals surface area contributed by atoms with E-state index in [0.29, 0.717) is 0 Å². The third kappa shape index (κ3) is 3.72. The number of nitrogens with one attached hydrogen (secondary N) is 1. The molecular formula is C11H17N3S. The van der Waals surface area contributed by atoms with Gasteiger partial charge in [0.25, 0.3) is 0 Å². The highest BCUT2D eigenvalue weighted by molar-refractivity contribution is 7.99. The van der Waals surface area contributed by atoms with Crippen molar-refractivity contribution in [1.29, 1.82) is 0 Å². The van der Waals surface area contributed by atoms with E-state index in [2.05, 4.69) is 17.0 Å². The summed E-state index contributed by atoms with van der Waals surface area (Å²) in [5.41, 5.74) is 1.26. The molecule has 3 nitrogen and oxygen atoms in total. The first kappa shape index (κ1) is 10.8. The van der Waals surface area contributed by atoms with E-state index in [0.717, 1.165) is 18.3 Å². The fourth-order valence-corrected chi connectivity index (χ4v) is 2.11. The lowest BCUT2D eigenvalue weighted by Crippen LogP contribution is -2.19. The summed E-state index contributed by atoms with van der Waals surface area (Å²) in [7, 11) is 1.94. The Bertz CT molecular complexity index is 341. The first-order valence-corrected chi connectivity index (χ1v) is 6.24. The van der Waals surface area contributed by atoms with Crippen LogP contribution in [-0.2, 0) is 7.05 Å². The molecule has 0 saturated heterocycles. The molecule has 1 aromatic heterocycles. The van der Waals surface area contributed by atoms with Gasteiger partial charge in [0.2, 0.25) is 0 Å². The van der Waals surface area contributed by atoms with E-state index in [1.807, 2.05) is 24.1 Å². The number of hydrogen-bond acceptors (Lipinski definition) is 3. The maximum atomic E-state index is 4.13. The van der Waals surface area contributed by atoms with Gasteiger partial charge < -0.3 is 5.32 Å². The van der Waals surface area contributed by atoms with Crippen molar-refractivity contribution in [1.82, 2.24) is 15.1 Å². The predicted octanol–water partition coefficient (Wildman–Crippen LogP) is 1.82. The monoisotopic (exact) mass is 223 g/mol. The van der Waals surface area contributed by atoms with E-state index in [-0.39, 0.29) is 0 Å². The van der Waals surface area contributed by atoms with Gasteiger partial charge in [-0.1, -0.05) is 12.2 Å². The number of rotatable bonds is 6. The van der Waals surface area contributed by atoms with Crippen LogP contribution in [0.2, 0.25) is 0 Å². The van der Waals surface area contributed by atoms with Crippen LogP contribution in [0, 0.1) is 0 Å². The average Bonchev–Trinajstić information content (AvgIpc) is 2.95. The topological polar surface area (TPSA) is 29.9 Å². The Kier molecular flexibility index (Phi) is 3.49. The summed E-state index contributed by atoms with van der Waals surface area (Å²) in [4.78, 5) is 1.21. The van der Waals surface area contributed by atoms with Crippen LogP contribution in [0.15, 0.2) is 29.4 Å². The van der Waals surface area contributed by atoms with Crippen LogP contribution in [-0.4, -0.2) is 28.1 Å². The van der Waals surface area contributed by atoms with Gasteiger partial charge in [0.1, 0.15) is 0 Å². The van der Waals surface area contributed by atoms with Crippen molar-refractivity contribution in [2.75, 3.05) is 12.3 Å². The molecule has 1 aromatic rings. The highest BCUT2D eigenvalue weighted by atomic mass is 32.2. The second-order valence-electron chi connectivity index (χ2n) is 4.04. The van der Waals surface area contributed by atoms with E-state index in [1.165, 1.54) is 23.3 Å². The van der Waals surface area contributed by atoms with Crippen molar-refractivity contribution in [3.63, 3.8) is 0 Å². The maximum Gasteiger partial charge on any atom is 0.0625 e. The highest BCUT2D eigenvalue weighted by Gasteiger charge is 2.19. The molecule has 0 radical (unpaired) electrons. The van der Waals surface area contributed by atoms with Gasteiger partial charge in [0, 0.05) is 36.5 Å². The third-order valence-electron chi connectivity index (χ3n) is 2.34. The molecule has 2 rings (SSSR count). The molecule has 82 valence electrons. The summed E-state index contributed by atoms with van der Waals surface area (Å²) >= 11 is 1.80. The predicted molar refractivity (Wildman–Crippen MR) is 64.1 cm³/mol. The van der Waals surface area contributed by atoms with E-state index in [4.69, 9.17) is 0 Å². The number of aromatic nitrogens is 2. The Balaban J connectivity index is 1.65. The average molecular weight is 223 g/mol. The quantitative estimate of drug-likeness (QED) is 0.589. The molecule has 0 unspecified atom stereocenters. The van der Waals surface area contributed by atoms with E-state index in [1.54, 1.807) is 11.8 Å². The molecule has 4 heteroatoms. The maximum absolute atomic E-state index is 4.13. The summed E-state index contributed by atoms with van der Waals surface area (Å²) < 4.78 is 1.83. The number of hydrogen-bond donors (Lipinski definition) is 1. The second-order valence-corrected chi connectivity index (χ2v) is 5.09. The lowest BCUT2D eigenvalue weighted by Gasteiger charge is -2.05. The molecule has 0 atom stereocenters. The van der Waals surface area contributed by atoms with Crippen molar-refractivity contribution in [3.05, 3.63) is 24.5 Å².